The maximum Gasteiger partial charge on any atom is 0.249 e. The molecule has 0 aliphatic carbocycles. The van der Waals surface area contributed by atoms with E-state index in [1.54, 1.807) is 6.92 Å². The highest BCUT2D eigenvalue weighted by Gasteiger charge is 2.20. The molecule has 2 N–H and O–H groups in total. The Hall–Kier alpha value is -1.39. The minimum absolute atomic E-state index is 0.0183. The molecule has 0 radical (unpaired) electrons. The number of aliphatic hydroxyl groups is 1. The zero-order valence-corrected chi connectivity index (χ0v) is 12.5. The van der Waals surface area contributed by atoms with E-state index in [0.29, 0.717) is 13.0 Å². The largest absolute Gasteiger partial charge is 0.396 e. The van der Waals surface area contributed by atoms with Crippen molar-refractivity contribution >= 4 is 5.91 Å². The summed E-state index contributed by atoms with van der Waals surface area (Å²) < 4.78 is 5.57. The van der Waals surface area contributed by atoms with E-state index in [2.05, 4.69) is 5.32 Å². The van der Waals surface area contributed by atoms with Crippen LogP contribution in [0, 0.1) is 5.92 Å². The molecule has 0 heterocycles. The highest BCUT2D eigenvalue weighted by Crippen LogP contribution is 2.08. The molecular weight excluding hydrogens is 254 g/mol. The van der Waals surface area contributed by atoms with Crippen molar-refractivity contribution < 1.29 is 14.6 Å². The number of carbonyl (C=O) groups is 1. The molecule has 0 saturated carbocycles. The fraction of sp³-hybridized carbons (Fsp3) is 0.562. The zero-order chi connectivity index (χ0) is 15.0. The minimum Gasteiger partial charge on any atom is -0.396 e. The number of hydrogen-bond acceptors (Lipinski definition) is 3. The second-order valence-electron chi connectivity index (χ2n) is 5.31. The molecule has 1 aromatic rings. The molecule has 0 aliphatic rings. The predicted molar refractivity (Wildman–Crippen MR) is 79.2 cm³/mol. The molecule has 4 heteroatoms. The van der Waals surface area contributed by atoms with E-state index >= 15 is 0 Å². The fourth-order valence-electron chi connectivity index (χ4n) is 1.88. The maximum atomic E-state index is 12.0. The van der Waals surface area contributed by atoms with Crippen molar-refractivity contribution in [2.45, 2.75) is 45.9 Å². The molecule has 0 fully saturated rings. The Morgan fingerprint density at radius 2 is 1.90 bits per heavy atom. The molecule has 2 unspecified atom stereocenters. The van der Waals surface area contributed by atoms with Crippen molar-refractivity contribution in [3.8, 4) is 0 Å². The topological polar surface area (TPSA) is 58.6 Å². The normalized spacial score (nSPS) is 14.1. The van der Waals surface area contributed by atoms with E-state index in [4.69, 9.17) is 9.84 Å². The van der Waals surface area contributed by atoms with Crippen LogP contribution in [-0.2, 0) is 16.1 Å². The lowest BCUT2D eigenvalue weighted by atomic mass is 10.0. The van der Waals surface area contributed by atoms with E-state index in [9.17, 15) is 4.79 Å². The van der Waals surface area contributed by atoms with Crippen molar-refractivity contribution in [1.82, 2.24) is 5.32 Å². The number of nitrogens with one attached hydrogen (secondary N) is 1. The van der Waals surface area contributed by atoms with Crippen molar-refractivity contribution in [2.75, 3.05) is 6.61 Å². The molecule has 0 bridgehead atoms. The fourth-order valence-corrected chi connectivity index (χ4v) is 1.88. The summed E-state index contributed by atoms with van der Waals surface area (Å²) in [6, 6.07) is 9.75. The lowest BCUT2D eigenvalue weighted by Gasteiger charge is -2.23. The molecule has 1 aromatic carbocycles. The highest BCUT2D eigenvalue weighted by molar-refractivity contribution is 5.80. The molecule has 4 nitrogen and oxygen atoms in total. The number of aliphatic hydroxyl groups excluding tert-OH is 1. The van der Waals surface area contributed by atoms with Crippen LogP contribution in [0.1, 0.15) is 32.8 Å². The van der Waals surface area contributed by atoms with Gasteiger partial charge in [0.2, 0.25) is 5.91 Å². The number of ether oxygens (including phenoxy) is 1. The van der Waals surface area contributed by atoms with Gasteiger partial charge in [0.1, 0.15) is 6.10 Å². The summed E-state index contributed by atoms with van der Waals surface area (Å²) in [5.74, 6) is 0.153. The van der Waals surface area contributed by atoms with Gasteiger partial charge in [0.05, 0.1) is 6.61 Å². The Bertz CT molecular complexity index is 392. The Kier molecular flexibility index (Phi) is 7.26. The van der Waals surface area contributed by atoms with Crippen molar-refractivity contribution in [3.63, 3.8) is 0 Å². The maximum absolute atomic E-state index is 12.0. The van der Waals surface area contributed by atoms with Crippen molar-refractivity contribution in [2.24, 2.45) is 5.92 Å². The molecule has 0 aliphatic heterocycles. The first-order valence-electron chi connectivity index (χ1n) is 7.11. The third-order valence-electron chi connectivity index (χ3n) is 3.28. The zero-order valence-electron chi connectivity index (χ0n) is 12.5. The van der Waals surface area contributed by atoms with Crippen LogP contribution in [0.25, 0.3) is 0 Å². The van der Waals surface area contributed by atoms with E-state index < -0.39 is 6.10 Å². The molecule has 1 rings (SSSR count). The highest BCUT2D eigenvalue weighted by atomic mass is 16.5. The minimum atomic E-state index is -0.504. The third kappa shape index (κ3) is 5.72. The lowest BCUT2D eigenvalue weighted by Crippen LogP contribution is -2.44. The van der Waals surface area contributed by atoms with Crippen molar-refractivity contribution in [1.29, 1.82) is 0 Å². The quantitative estimate of drug-likeness (QED) is 0.766. The lowest BCUT2D eigenvalue weighted by molar-refractivity contribution is -0.133. The number of benzene rings is 1. The Morgan fingerprint density at radius 1 is 1.25 bits per heavy atom. The van der Waals surface area contributed by atoms with Gasteiger partial charge in [-0.2, -0.15) is 0 Å². The van der Waals surface area contributed by atoms with Gasteiger partial charge >= 0.3 is 0 Å². The van der Waals surface area contributed by atoms with E-state index in [-0.39, 0.29) is 24.5 Å². The molecule has 0 spiro atoms. The summed E-state index contributed by atoms with van der Waals surface area (Å²) in [6.45, 7) is 6.28. The number of amides is 1. The van der Waals surface area contributed by atoms with Crippen LogP contribution >= 0.6 is 0 Å². The molecule has 0 aromatic heterocycles. The predicted octanol–water partition coefficient (Wildman–Crippen LogP) is 2.11. The molecular formula is C16H25NO3. The Balaban J connectivity index is 2.42. The number of carbonyl (C=O) groups excluding carboxylic acids is 1. The second-order valence-corrected chi connectivity index (χ2v) is 5.31. The van der Waals surface area contributed by atoms with Gasteiger partial charge in [-0.05, 0) is 24.8 Å². The third-order valence-corrected chi connectivity index (χ3v) is 3.28. The molecule has 1 amide bonds. The van der Waals surface area contributed by atoms with Crippen LogP contribution in [0.2, 0.25) is 0 Å². The number of rotatable bonds is 8. The molecule has 20 heavy (non-hydrogen) atoms. The molecule has 2 atom stereocenters. The summed E-state index contributed by atoms with van der Waals surface area (Å²) in [7, 11) is 0. The second kappa shape index (κ2) is 8.72. The average Bonchev–Trinajstić information content (AvgIpc) is 2.45. The van der Waals surface area contributed by atoms with Gasteiger partial charge in [-0.15, -0.1) is 0 Å². The number of hydrogen-bond donors (Lipinski definition) is 2. The van der Waals surface area contributed by atoms with E-state index in [1.165, 1.54) is 0 Å². The van der Waals surface area contributed by atoms with Crippen LogP contribution in [0.3, 0.4) is 0 Å². The summed E-state index contributed by atoms with van der Waals surface area (Å²) in [5, 5.41) is 11.9. The van der Waals surface area contributed by atoms with Gasteiger partial charge < -0.3 is 15.2 Å². The monoisotopic (exact) mass is 279 g/mol. The first-order valence-corrected chi connectivity index (χ1v) is 7.11. The molecule has 112 valence electrons. The summed E-state index contributed by atoms with van der Waals surface area (Å²) in [4.78, 5) is 12.0. The summed E-state index contributed by atoms with van der Waals surface area (Å²) >= 11 is 0. The van der Waals surface area contributed by atoms with Crippen LogP contribution in [0.5, 0.6) is 0 Å². The van der Waals surface area contributed by atoms with E-state index in [0.717, 1.165) is 5.56 Å². The van der Waals surface area contributed by atoms with Gasteiger partial charge in [-0.25, -0.2) is 0 Å². The Labute approximate surface area is 121 Å². The van der Waals surface area contributed by atoms with Crippen molar-refractivity contribution in [3.05, 3.63) is 35.9 Å². The summed E-state index contributed by atoms with van der Waals surface area (Å²) in [6.07, 6.45) is 0.0598. The molecule has 0 saturated heterocycles. The smallest absolute Gasteiger partial charge is 0.249 e. The van der Waals surface area contributed by atoms with Gasteiger partial charge in [-0.3, -0.25) is 4.79 Å². The SMILES string of the molecule is CC(OCc1ccccc1)C(=O)NC(CCO)C(C)C. The average molecular weight is 279 g/mol. The van der Waals surface area contributed by atoms with Crippen LogP contribution < -0.4 is 5.32 Å². The van der Waals surface area contributed by atoms with Crippen LogP contribution in [0.15, 0.2) is 30.3 Å². The Morgan fingerprint density at radius 3 is 2.45 bits per heavy atom. The first kappa shape index (κ1) is 16.7. The van der Waals surface area contributed by atoms with E-state index in [1.807, 2.05) is 44.2 Å². The first-order chi connectivity index (χ1) is 9.54. The standard InChI is InChI=1S/C16H25NO3/c1-12(2)15(9-10-18)17-16(19)13(3)20-11-14-7-5-4-6-8-14/h4-8,12-13,15,18H,9-11H2,1-3H3,(H,17,19). The van der Waals surface area contributed by atoms with Gasteiger partial charge in [0.25, 0.3) is 0 Å². The van der Waals surface area contributed by atoms with Gasteiger partial charge in [0.15, 0.2) is 0 Å². The van der Waals surface area contributed by atoms with Gasteiger partial charge in [0, 0.05) is 12.6 Å². The van der Waals surface area contributed by atoms with Crippen LogP contribution in [0.4, 0.5) is 0 Å². The summed E-state index contributed by atoms with van der Waals surface area (Å²) in [5.41, 5.74) is 1.04. The van der Waals surface area contributed by atoms with Gasteiger partial charge in [-0.1, -0.05) is 44.2 Å². The van der Waals surface area contributed by atoms with Crippen LogP contribution in [-0.4, -0.2) is 29.8 Å².